The number of alkyl halides is 3. The van der Waals surface area contributed by atoms with E-state index in [4.69, 9.17) is 0 Å². The minimum atomic E-state index is -4.66. The fourth-order valence-corrected chi connectivity index (χ4v) is 4.80. The molecule has 0 saturated heterocycles. The minimum absolute atomic E-state index is 0.0500. The summed E-state index contributed by atoms with van der Waals surface area (Å²) in [6.45, 7) is 1.91. The molecule has 0 aliphatic rings. The predicted molar refractivity (Wildman–Crippen MR) is 101 cm³/mol. The smallest absolute Gasteiger partial charge is 0.377 e. The Balaban J connectivity index is 1.86. The molecule has 0 bridgehead atoms. The summed E-state index contributed by atoms with van der Waals surface area (Å²) in [4.78, 5) is 2.11. The summed E-state index contributed by atoms with van der Waals surface area (Å²) in [5.41, 5.74) is 2.14. The lowest BCUT2D eigenvalue weighted by Crippen LogP contribution is -2.14. The van der Waals surface area contributed by atoms with Crippen molar-refractivity contribution in [2.24, 2.45) is 0 Å². The van der Waals surface area contributed by atoms with Gasteiger partial charge in [-0.2, -0.15) is 13.2 Å². The molecule has 3 aromatic rings. The van der Waals surface area contributed by atoms with E-state index < -0.39 is 22.0 Å². The summed E-state index contributed by atoms with van der Waals surface area (Å²) in [6.07, 6.45) is -4.66. The van der Waals surface area contributed by atoms with Crippen LogP contribution in [0.1, 0.15) is 11.3 Å². The molecule has 1 aromatic carbocycles. The van der Waals surface area contributed by atoms with Crippen LogP contribution in [0.5, 0.6) is 0 Å². The van der Waals surface area contributed by atoms with E-state index in [2.05, 4.69) is 14.4 Å². The van der Waals surface area contributed by atoms with Gasteiger partial charge >= 0.3 is 6.18 Å². The minimum Gasteiger partial charge on any atom is -0.377 e. The topological polar surface area (TPSA) is 75.4 Å². The number of nitrogens with one attached hydrogen (secondary N) is 1. The number of nitrogens with zero attached hydrogens (tertiary/aromatic N) is 2. The third-order valence-electron chi connectivity index (χ3n) is 3.83. The average Bonchev–Trinajstić information content (AvgIpc) is 3.24. The molecule has 1 N–H and O–H groups in total. The van der Waals surface area contributed by atoms with Gasteiger partial charge in [0.25, 0.3) is 10.0 Å². The van der Waals surface area contributed by atoms with Crippen molar-refractivity contribution >= 4 is 32.7 Å². The van der Waals surface area contributed by atoms with Gasteiger partial charge in [-0.15, -0.1) is 11.3 Å². The van der Waals surface area contributed by atoms with Crippen LogP contribution >= 0.6 is 11.3 Å². The molecule has 0 saturated carbocycles. The van der Waals surface area contributed by atoms with Gasteiger partial charge in [0.15, 0.2) is 0 Å². The van der Waals surface area contributed by atoms with Crippen LogP contribution < -0.4 is 9.62 Å². The monoisotopic (exact) mass is 431 g/mol. The van der Waals surface area contributed by atoms with Gasteiger partial charge in [-0.1, -0.05) is 11.2 Å². The molecule has 0 unspecified atom stereocenters. The van der Waals surface area contributed by atoms with Crippen molar-refractivity contribution in [1.29, 1.82) is 0 Å². The molecular weight excluding hydrogens is 415 g/mol. The Hall–Kier alpha value is -2.53. The zero-order chi connectivity index (χ0) is 20.7. The van der Waals surface area contributed by atoms with E-state index in [9.17, 15) is 21.6 Å². The standard InChI is InChI=1S/C17H16F3N3O3S2/c1-10-4-5-11(8-13(10)23(2)3)22-28(24,25)16-7-6-14(27-16)12-9-15(26-21-12)17(18,19)20/h4-9,22H,1-3H3. The maximum atomic E-state index is 12.6. The number of hydrogen-bond donors (Lipinski definition) is 1. The Kier molecular flexibility index (Phi) is 5.15. The normalized spacial score (nSPS) is 12.2. The van der Waals surface area contributed by atoms with E-state index in [-0.39, 0.29) is 14.8 Å². The Labute approximate surface area is 163 Å². The van der Waals surface area contributed by atoms with Crippen LogP contribution in [0.25, 0.3) is 10.6 Å². The second kappa shape index (κ2) is 7.13. The van der Waals surface area contributed by atoms with E-state index >= 15 is 0 Å². The Bertz CT molecular complexity index is 1100. The van der Waals surface area contributed by atoms with Gasteiger partial charge in [-0.25, -0.2) is 8.42 Å². The zero-order valence-corrected chi connectivity index (χ0v) is 16.7. The molecule has 0 spiro atoms. The molecule has 0 aliphatic heterocycles. The maximum Gasteiger partial charge on any atom is 0.452 e. The number of aryl methyl sites for hydroxylation is 1. The van der Waals surface area contributed by atoms with Gasteiger partial charge in [-0.05, 0) is 36.8 Å². The number of rotatable bonds is 5. The van der Waals surface area contributed by atoms with Gasteiger partial charge in [0.1, 0.15) is 9.90 Å². The lowest BCUT2D eigenvalue weighted by Gasteiger charge is -2.17. The second-order valence-electron chi connectivity index (χ2n) is 6.19. The molecule has 3 rings (SSSR count). The van der Waals surface area contributed by atoms with Crippen molar-refractivity contribution in [3.05, 3.63) is 47.7 Å². The van der Waals surface area contributed by atoms with Gasteiger partial charge in [0.05, 0.1) is 10.6 Å². The van der Waals surface area contributed by atoms with Gasteiger partial charge in [0, 0.05) is 25.8 Å². The Morgan fingerprint density at radius 3 is 2.46 bits per heavy atom. The van der Waals surface area contributed by atoms with Crippen molar-refractivity contribution in [2.75, 3.05) is 23.7 Å². The van der Waals surface area contributed by atoms with Crippen LogP contribution in [0.3, 0.4) is 0 Å². The summed E-state index contributed by atoms with van der Waals surface area (Å²) in [5.74, 6) is -1.24. The molecule has 0 amide bonds. The van der Waals surface area contributed by atoms with Crippen molar-refractivity contribution in [2.45, 2.75) is 17.3 Å². The quantitative estimate of drug-likeness (QED) is 0.639. The summed E-state index contributed by atoms with van der Waals surface area (Å²) >= 11 is 0.799. The van der Waals surface area contributed by atoms with Crippen LogP contribution in [-0.2, 0) is 16.2 Å². The molecular formula is C17H16F3N3O3S2. The molecule has 2 heterocycles. The van der Waals surface area contributed by atoms with Crippen LogP contribution in [-0.4, -0.2) is 27.7 Å². The van der Waals surface area contributed by atoms with Gasteiger partial charge < -0.3 is 9.42 Å². The zero-order valence-electron chi connectivity index (χ0n) is 15.0. The molecule has 150 valence electrons. The van der Waals surface area contributed by atoms with E-state index in [1.807, 2.05) is 25.9 Å². The van der Waals surface area contributed by atoms with Gasteiger partial charge in [-0.3, -0.25) is 4.72 Å². The van der Waals surface area contributed by atoms with Crippen molar-refractivity contribution < 1.29 is 26.1 Å². The fourth-order valence-electron chi connectivity index (χ4n) is 2.49. The number of halogens is 3. The second-order valence-corrected chi connectivity index (χ2v) is 9.19. The summed E-state index contributed by atoms with van der Waals surface area (Å²) in [6, 6.07) is 8.57. The summed E-state index contributed by atoms with van der Waals surface area (Å²) < 4.78 is 69.9. The number of thiophene rings is 1. The van der Waals surface area contributed by atoms with Crippen LogP contribution in [0.4, 0.5) is 24.5 Å². The van der Waals surface area contributed by atoms with E-state index in [0.717, 1.165) is 28.7 Å². The lowest BCUT2D eigenvalue weighted by atomic mass is 10.2. The number of anilines is 2. The van der Waals surface area contributed by atoms with E-state index in [1.54, 1.807) is 18.2 Å². The van der Waals surface area contributed by atoms with Crippen LogP contribution in [0, 0.1) is 6.92 Å². The van der Waals surface area contributed by atoms with Crippen molar-refractivity contribution in [3.8, 4) is 10.6 Å². The third-order valence-corrected chi connectivity index (χ3v) is 6.81. The molecule has 11 heteroatoms. The van der Waals surface area contributed by atoms with Crippen LogP contribution in [0.15, 0.2) is 45.1 Å². The van der Waals surface area contributed by atoms with Crippen LogP contribution in [0.2, 0.25) is 0 Å². The first-order valence-corrected chi connectivity index (χ1v) is 10.2. The highest BCUT2D eigenvalue weighted by atomic mass is 32.2. The van der Waals surface area contributed by atoms with E-state index in [0.29, 0.717) is 5.69 Å². The highest BCUT2D eigenvalue weighted by molar-refractivity contribution is 7.94. The van der Waals surface area contributed by atoms with Crippen molar-refractivity contribution in [1.82, 2.24) is 5.16 Å². The average molecular weight is 431 g/mol. The summed E-state index contributed by atoms with van der Waals surface area (Å²) in [7, 11) is -0.215. The highest BCUT2D eigenvalue weighted by Crippen LogP contribution is 2.36. The fraction of sp³-hybridized carbons (Fsp3) is 0.235. The molecule has 0 fully saturated rings. The number of sulfonamides is 1. The molecule has 6 nitrogen and oxygen atoms in total. The molecule has 0 atom stereocenters. The van der Waals surface area contributed by atoms with Crippen molar-refractivity contribution in [3.63, 3.8) is 0 Å². The first-order valence-electron chi connectivity index (χ1n) is 7.92. The number of aromatic nitrogens is 1. The number of benzene rings is 1. The summed E-state index contributed by atoms with van der Waals surface area (Å²) in [5, 5.41) is 3.37. The maximum absolute atomic E-state index is 12.6. The largest absolute Gasteiger partial charge is 0.452 e. The SMILES string of the molecule is Cc1ccc(NS(=O)(=O)c2ccc(-c3cc(C(F)(F)F)on3)s2)cc1N(C)C. The lowest BCUT2D eigenvalue weighted by molar-refractivity contribution is -0.155. The first-order chi connectivity index (χ1) is 13.0. The number of hydrogen-bond acceptors (Lipinski definition) is 6. The van der Waals surface area contributed by atoms with E-state index in [1.165, 1.54) is 12.1 Å². The third kappa shape index (κ3) is 4.14. The highest BCUT2D eigenvalue weighted by Gasteiger charge is 2.36. The Morgan fingerprint density at radius 2 is 1.86 bits per heavy atom. The van der Waals surface area contributed by atoms with Gasteiger partial charge in [0.2, 0.25) is 5.76 Å². The molecule has 2 aromatic heterocycles. The first kappa shape index (κ1) is 20.2. The molecule has 28 heavy (non-hydrogen) atoms. The molecule has 0 aliphatic carbocycles. The molecule has 0 radical (unpaired) electrons. The Morgan fingerprint density at radius 1 is 1.14 bits per heavy atom. The predicted octanol–water partition coefficient (Wildman–Crippen LogP) is 4.60.